The minimum Gasteiger partial charge on any atom is -0.324 e. The van der Waals surface area contributed by atoms with E-state index >= 15 is 0 Å². The van der Waals surface area contributed by atoms with Gasteiger partial charge in [-0.25, -0.2) is 0 Å². The number of hydrogen-bond acceptors (Lipinski definition) is 2. The summed E-state index contributed by atoms with van der Waals surface area (Å²) in [6.07, 6.45) is 2.00. The van der Waals surface area contributed by atoms with E-state index in [1.807, 2.05) is 12.1 Å². The molecule has 0 saturated carbocycles. The first-order valence-electron chi connectivity index (χ1n) is 6.44. The molecule has 1 spiro atoms. The van der Waals surface area contributed by atoms with Gasteiger partial charge in [0.05, 0.1) is 0 Å². The van der Waals surface area contributed by atoms with Crippen LogP contribution in [0.25, 0.3) is 0 Å². The van der Waals surface area contributed by atoms with E-state index in [4.69, 9.17) is 0 Å². The minimum absolute atomic E-state index is 0.141. The maximum absolute atomic E-state index is 12.5. The van der Waals surface area contributed by atoms with Crippen molar-refractivity contribution in [2.75, 3.05) is 11.9 Å². The average Bonchev–Trinajstić information content (AvgIpc) is 2.86. The van der Waals surface area contributed by atoms with Crippen molar-refractivity contribution in [2.24, 2.45) is 0 Å². The molecule has 4 heteroatoms. The topological polar surface area (TPSA) is 32.3 Å². The van der Waals surface area contributed by atoms with E-state index in [1.54, 1.807) is 0 Å². The molecule has 0 aromatic heterocycles. The summed E-state index contributed by atoms with van der Waals surface area (Å²) in [7, 11) is 0. The number of carbonyl (C=O) groups excluding carboxylic acids is 1. The largest absolute Gasteiger partial charge is 0.324 e. The van der Waals surface area contributed by atoms with Gasteiger partial charge in [-0.3, -0.25) is 9.69 Å². The van der Waals surface area contributed by atoms with E-state index < -0.39 is 5.54 Å². The first-order chi connectivity index (χ1) is 8.55. The molecule has 3 nitrogen and oxygen atoms in total. The number of nitrogens with one attached hydrogen (secondary N) is 1. The summed E-state index contributed by atoms with van der Waals surface area (Å²) in [5.41, 5.74) is 1.66. The van der Waals surface area contributed by atoms with Crippen molar-refractivity contribution in [1.82, 2.24) is 4.90 Å². The van der Waals surface area contributed by atoms with Crippen molar-refractivity contribution >= 4 is 27.5 Å². The van der Waals surface area contributed by atoms with Gasteiger partial charge >= 0.3 is 0 Å². The SMILES string of the molecule is CC(C)N1CCCC12C(=O)Nc1ccc(Br)cc12. The van der Waals surface area contributed by atoms with Gasteiger partial charge < -0.3 is 5.32 Å². The van der Waals surface area contributed by atoms with Crippen LogP contribution in [-0.2, 0) is 10.3 Å². The molecule has 1 fully saturated rings. The van der Waals surface area contributed by atoms with Crippen LogP contribution < -0.4 is 5.32 Å². The monoisotopic (exact) mass is 308 g/mol. The van der Waals surface area contributed by atoms with E-state index in [1.165, 1.54) is 0 Å². The third-order valence-electron chi connectivity index (χ3n) is 4.10. The highest BCUT2D eigenvalue weighted by atomic mass is 79.9. The highest BCUT2D eigenvalue weighted by Crippen LogP contribution is 2.48. The maximum atomic E-state index is 12.5. The first kappa shape index (κ1) is 12.2. The number of benzene rings is 1. The Labute approximate surface area is 116 Å². The van der Waals surface area contributed by atoms with Gasteiger partial charge in [0.2, 0.25) is 5.91 Å². The lowest BCUT2D eigenvalue weighted by Gasteiger charge is -2.36. The predicted octanol–water partition coefficient (Wildman–Crippen LogP) is 3.10. The normalized spacial score (nSPS) is 27.0. The fourth-order valence-electron chi connectivity index (χ4n) is 3.39. The van der Waals surface area contributed by atoms with E-state index in [0.29, 0.717) is 6.04 Å². The van der Waals surface area contributed by atoms with Crippen LogP contribution in [0.3, 0.4) is 0 Å². The quantitative estimate of drug-likeness (QED) is 0.864. The zero-order valence-corrected chi connectivity index (χ0v) is 12.3. The van der Waals surface area contributed by atoms with E-state index in [2.05, 4.69) is 46.1 Å². The van der Waals surface area contributed by atoms with Gasteiger partial charge in [-0.15, -0.1) is 0 Å². The summed E-state index contributed by atoms with van der Waals surface area (Å²) in [4.78, 5) is 14.8. The molecule has 0 radical (unpaired) electrons. The van der Waals surface area contributed by atoms with Crippen LogP contribution in [0.1, 0.15) is 32.3 Å². The van der Waals surface area contributed by atoms with Crippen LogP contribution in [0.4, 0.5) is 5.69 Å². The van der Waals surface area contributed by atoms with Crippen molar-refractivity contribution in [3.8, 4) is 0 Å². The van der Waals surface area contributed by atoms with Crippen LogP contribution in [0.2, 0.25) is 0 Å². The molecule has 1 N–H and O–H groups in total. The van der Waals surface area contributed by atoms with Gasteiger partial charge in [0.25, 0.3) is 0 Å². The predicted molar refractivity (Wildman–Crippen MR) is 75.5 cm³/mol. The van der Waals surface area contributed by atoms with E-state index in [0.717, 1.165) is 35.1 Å². The summed E-state index contributed by atoms with van der Waals surface area (Å²) < 4.78 is 1.03. The van der Waals surface area contributed by atoms with Crippen LogP contribution in [0.15, 0.2) is 22.7 Å². The number of hydrogen-bond donors (Lipinski definition) is 1. The molecule has 3 rings (SSSR count). The van der Waals surface area contributed by atoms with E-state index in [-0.39, 0.29) is 5.91 Å². The van der Waals surface area contributed by atoms with E-state index in [9.17, 15) is 4.79 Å². The summed E-state index contributed by atoms with van der Waals surface area (Å²) in [5, 5.41) is 3.04. The number of rotatable bonds is 1. The maximum Gasteiger partial charge on any atom is 0.249 e. The molecule has 1 saturated heterocycles. The van der Waals surface area contributed by atoms with Crippen LogP contribution in [0, 0.1) is 0 Å². The molecule has 1 aromatic carbocycles. The van der Waals surface area contributed by atoms with Crippen molar-refractivity contribution in [2.45, 2.75) is 38.3 Å². The Kier molecular flexibility index (Phi) is 2.75. The van der Waals surface area contributed by atoms with Gasteiger partial charge in [0.1, 0.15) is 5.54 Å². The fraction of sp³-hybridized carbons (Fsp3) is 0.500. The Morgan fingerprint density at radius 1 is 1.44 bits per heavy atom. The summed E-state index contributed by atoms with van der Waals surface area (Å²) in [5.74, 6) is 0.141. The molecule has 1 amide bonds. The molecule has 18 heavy (non-hydrogen) atoms. The van der Waals surface area contributed by atoms with Gasteiger partial charge in [-0.05, 0) is 51.4 Å². The fourth-order valence-corrected chi connectivity index (χ4v) is 3.75. The number of halogens is 1. The molecule has 2 heterocycles. The van der Waals surface area contributed by atoms with Crippen LogP contribution in [-0.4, -0.2) is 23.4 Å². The van der Waals surface area contributed by atoms with Crippen molar-refractivity contribution < 1.29 is 4.79 Å². The smallest absolute Gasteiger partial charge is 0.249 e. The van der Waals surface area contributed by atoms with Gasteiger partial charge in [0, 0.05) is 21.8 Å². The van der Waals surface area contributed by atoms with Crippen LogP contribution in [0.5, 0.6) is 0 Å². The second kappa shape index (κ2) is 4.07. The molecule has 1 aromatic rings. The number of carbonyl (C=O) groups is 1. The zero-order chi connectivity index (χ0) is 12.9. The van der Waals surface area contributed by atoms with Crippen molar-refractivity contribution in [3.05, 3.63) is 28.2 Å². The molecular formula is C14H17BrN2O. The third kappa shape index (κ3) is 1.48. The molecular weight excluding hydrogens is 292 g/mol. The molecule has 0 aliphatic carbocycles. The number of anilines is 1. The average molecular weight is 309 g/mol. The number of nitrogens with zero attached hydrogens (tertiary/aromatic N) is 1. The highest BCUT2D eigenvalue weighted by Gasteiger charge is 2.54. The Hall–Kier alpha value is -0.870. The van der Waals surface area contributed by atoms with Crippen LogP contribution >= 0.6 is 15.9 Å². The molecule has 2 aliphatic rings. The number of amides is 1. The Morgan fingerprint density at radius 2 is 2.22 bits per heavy atom. The van der Waals surface area contributed by atoms with Gasteiger partial charge in [0.15, 0.2) is 0 Å². The summed E-state index contributed by atoms with van der Waals surface area (Å²) in [6.45, 7) is 5.32. The lowest BCUT2D eigenvalue weighted by molar-refractivity contribution is -0.127. The second-order valence-corrected chi connectivity index (χ2v) is 6.31. The lowest BCUT2D eigenvalue weighted by atomic mass is 9.88. The lowest BCUT2D eigenvalue weighted by Crippen LogP contribution is -2.49. The molecule has 1 atom stereocenters. The Balaban J connectivity index is 2.18. The molecule has 96 valence electrons. The Morgan fingerprint density at radius 3 is 2.94 bits per heavy atom. The van der Waals surface area contributed by atoms with Crippen molar-refractivity contribution in [3.63, 3.8) is 0 Å². The zero-order valence-electron chi connectivity index (χ0n) is 10.7. The summed E-state index contributed by atoms with van der Waals surface area (Å²) >= 11 is 3.51. The standard InChI is InChI=1S/C14H17BrN2O/c1-9(2)17-7-3-6-14(17)11-8-10(15)4-5-12(11)16-13(14)18/h4-5,8-9H,3,6-7H2,1-2H3,(H,16,18). The first-order valence-corrected chi connectivity index (χ1v) is 7.23. The highest BCUT2D eigenvalue weighted by molar-refractivity contribution is 9.10. The number of likely N-dealkylation sites (tertiary alicyclic amines) is 1. The third-order valence-corrected chi connectivity index (χ3v) is 4.60. The Bertz CT molecular complexity index is 515. The molecule has 2 aliphatic heterocycles. The number of fused-ring (bicyclic) bond motifs is 2. The second-order valence-electron chi connectivity index (χ2n) is 5.39. The van der Waals surface area contributed by atoms with Gasteiger partial charge in [-0.2, -0.15) is 0 Å². The summed E-state index contributed by atoms with van der Waals surface area (Å²) in [6, 6.07) is 6.44. The molecule has 0 bridgehead atoms. The van der Waals surface area contributed by atoms with Crippen molar-refractivity contribution in [1.29, 1.82) is 0 Å². The van der Waals surface area contributed by atoms with Gasteiger partial charge in [-0.1, -0.05) is 15.9 Å². The minimum atomic E-state index is -0.437. The molecule has 1 unspecified atom stereocenters.